The van der Waals surface area contributed by atoms with Crippen LogP contribution in [0, 0.1) is 12.3 Å². The highest BCUT2D eigenvalue weighted by Gasteiger charge is 2.37. The van der Waals surface area contributed by atoms with Crippen molar-refractivity contribution in [2.75, 3.05) is 41.5 Å². The van der Waals surface area contributed by atoms with Crippen LogP contribution in [0.3, 0.4) is 0 Å². The van der Waals surface area contributed by atoms with Crippen LogP contribution >= 0.6 is 12.4 Å². The molecule has 2 aliphatic carbocycles. The lowest BCUT2D eigenvalue weighted by molar-refractivity contribution is 0.00881. The fourth-order valence-electron chi connectivity index (χ4n) is 4.91. The van der Waals surface area contributed by atoms with Gasteiger partial charge in [-0.1, -0.05) is 11.1 Å². The molecule has 1 N–H and O–H groups in total. The lowest BCUT2D eigenvalue weighted by Crippen LogP contribution is -2.24. The molecule has 0 aliphatic heterocycles. The number of fused-ring (bicyclic) bond motifs is 5. The van der Waals surface area contributed by atoms with Crippen LogP contribution < -0.4 is 14.2 Å². The number of methoxy groups -OCH3 is 2. The Labute approximate surface area is 218 Å². The van der Waals surface area contributed by atoms with Gasteiger partial charge in [0.05, 0.1) is 19.9 Å². The van der Waals surface area contributed by atoms with E-state index in [0.717, 1.165) is 77.0 Å². The molecule has 1 fully saturated rings. The highest BCUT2D eigenvalue weighted by atomic mass is 35.5. The van der Waals surface area contributed by atoms with Gasteiger partial charge in [-0.25, -0.2) is 0 Å². The number of aromatic nitrogens is 1. The van der Waals surface area contributed by atoms with Gasteiger partial charge < -0.3 is 28.9 Å². The Hall–Kier alpha value is -3.34. The number of rotatable bonds is 8. The topological polar surface area (TPSA) is 68.3 Å². The second kappa shape index (κ2) is 10.3. The summed E-state index contributed by atoms with van der Waals surface area (Å²) in [5, 5.41) is 5.72. The summed E-state index contributed by atoms with van der Waals surface area (Å²) in [6.07, 6.45) is 9.58. The maximum Gasteiger partial charge on any atom is 0.197 e. The Morgan fingerprint density at radius 1 is 1.06 bits per heavy atom. The van der Waals surface area contributed by atoms with E-state index in [-0.39, 0.29) is 12.4 Å². The van der Waals surface area contributed by atoms with Gasteiger partial charge in [-0.15, -0.1) is 18.8 Å². The number of halogens is 1. The van der Waals surface area contributed by atoms with E-state index >= 15 is 0 Å². The first-order chi connectivity index (χ1) is 17.0. The first kappa shape index (κ1) is 25.7. The van der Waals surface area contributed by atoms with E-state index < -0.39 is 5.60 Å². The molecule has 0 spiro atoms. The molecule has 0 atom stereocenters. The number of terminal acetylenes is 1. The first-order valence-electron chi connectivity index (χ1n) is 11.9. The molecule has 0 saturated heterocycles. The predicted molar refractivity (Wildman–Crippen MR) is 145 cm³/mol. The number of aromatic amines is 1. The van der Waals surface area contributed by atoms with E-state index in [1.165, 1.54) is 0 Å². The van der Waals surface area contributed by atoms with Gasteiger partial charge in [-0.3, -0.25) is 0 Å². The van der Waals surface area contributed by atoms with Gasteiger partial charge in [0.25, 0.3) is 0 Å². The molecule has 1 aromatic heterocycles. The molecule has 2 aliphatic rings. The Bertz CT molecular complexity index is 1330. The molecule has 3 aromatic rings. The fraction of sp³-hybridized carbons (Fsp3) is 0.393. The van der Waals surface area contributed by atoms with Crippen molar-refractivity contribution in [1.29, 1.82) is 0 Å². The number of hydrogen-bond donors (Lipinski definition) is 1. The van der Waals surface area contributed by atoms with Crippen molar-refractivity contribution in [3.05, 3.63) is 41.5 Å². The van der Waals surface area contributed by atoms with Crippen LogP contribution in [-0.4, -0.2) is 62.7 Å². The molecule has 0 radical (unpaired) electrons. The third-order valence-electron chi connectivity index (χ3n) is 6.85. The van der Waals surface area contributed by atoms with Crippen molar-refractivity contribution >= 4 is 29.0 Å². The average Bonchev–Trinajstić information content (AvgIpc) is 3.55. The second-order valence-corrected chi connectivity index (χ2v) is 9.36. The second-order valence-electron chi connectivity index (χ2n) is 9.36. The minimum absolute atomic E-state index is 0. The van der Waals surface area contributed by atoms with Crippen LogP contribution in [0.15, 0.2) is 35.5 Å². The van der Waals surface area contributed by atoms with E-state index in [9.17, 15) is 0 Å². The van der Waals surface area contributed by atoms with Crippen molar-refractivity contribution < 1.29 is 19.0 Å². The van der Waals surface area contributed by atoms with Gasteiger partial charge in [-0.05, 0) is 57.3 Å². The maximum absolute atomic E-state index is 6.14. The van der Waals surface area contributed by atoms with E-state index in [4.69, 9.17) is 30.6 Å². The van der Waals surface area contributed by atoms with Gasteiger partial charge in [-0.2, -0.15) is 0 Å². The largest absolute Gasteiger partial charge is 0.493 e. The Morgan fingerprint density at radius 3 is 2.39 bits per heavy atom. The van der Waals surface area contributed by atoms with E-state index in [2.05, 4.69) is 21.9 Å². The number of H-pyrrole nitrogens is 1. The van der Waals surface area contributed by atoms with E-state index in [0.29, 0.717) is 18.1 Å². The molecular formula is C28H32ClN3O4. The fourth-order valence-corrected chi connectivity index (χ4v) is 4.91. The van der Waals surface area contributed by atoms with Gasteiger partial charge >= 0.3 is 0 Å². The summed E-state index contributed by atoms with van der Waals surface area (Å²) in [6, 6.07) is 10.0. The third kappa shape index (κ3) is 4.47. The van der Waals surface area contributed by atoms with Crippen molar-refractivity contribution in [3.63, 3.8) is 0 Å². The number of ether oxygens (including phenoxy) is 3. The predicted octanol–water partition coefficient (Wildman–Crippen LogP) is 5.24. The monoisotopic (exact) mass is 509 g/mol. The van der Waals surface area contributed by atoms with Crippen LogP contribution in [0.2, 0.25) is 0 Å². The molecule has 1 saturated carbocycles. The molecule has 7 nitrogen and oxygen atoms in total. The van der Waals surface area contributed by atoms with Crippen LogP contribution in [0.5, 0.6) is 17.2 Å². The number of hydrogen-bond acceptors (Lipinski definition) is 6. The minimum atomic E-state index is -0.654. The molecule has 0 bridgehead atoms. The van der Waals surface area contributed by atoms with Crippen molar-refractivity contribution in [2.24, 2.45) is 5.16 Å². The SMILES string of the molecule is C#CC1(O/N=C2/c3cc(OC)c(OC)cc3-c3[nH]c4ccc(OCCN(C)C)cc4c32)CCCC1.Cl. The quantitative estimate of drug-likeness (QED) is 0.260. The third-order valence-corrected chi connectivity index (χ3v) is 6.85. The van der Waals surface area contributed by atoms with Gasteiger partial charge in [0.1, 0.15) is 18.1 Å². The van der Waals surface area contributed by atoms with Gasteiger partial charge in [0.2, 0.25) is 0 Å². The highest BCUT2D eigenvalue weighted by molar-refractivity contribution is 6.30. The number of nitrogens with one attached hydrogen (secondary N) is 1. The smallest absolute Gasteiger partial charge is 0.197 e. The summed E-state index contributed by atoms with van der Waals surface area (Å²) >= 11 is 0. The number of benzene rings is 2. The summed E-state index contributed by atoms with van der Waals surface area (Å²) in [5.41, 5.74) is 4.89. The summed E-state index contributed by atoms with van der Waals surface area (Å²) in [4.78, 5) is 11.8. The van der Waals surface area contributed by atoms with E-state index in [1.807, 2.05) is 38.4 Å². The molecular weight excluding hydrogens is 478 g/mol. The Balaban J connectivity index is 0.00000304. The van der Waals surface area contributed by atoms with Crippen molar-refractivity contribution in [1.82, 2.24) is 9.88 Å². The number of nitrogens with zero attached hydrogens (tertiary/aromatic N) is 2. The van der Waals surface area contributed by atoms with Crippen LogP contribution in [-0.2, 0) is 4.84 Å². The summed E-state index contributed by atoms with van der Waals surface area (Å²) in [6.45, 7) is 1.44. The first-order valence-corrected chi connectivity index (χ1v) is 11.9. The summed E-state index contributed by atoms with van der Waals surface area (Å²) in [5.74, 6) is 4.95. The zero-order valence-electron chi connectivity index (χ0n) is 21.1. The van der Waals surface area contributed by atoms with Gasteiger partial charge in [0, 0.05) is 47.0 Å². The lowest BCUT2D eigenvalue weighted by Gasteiger charge is -2.20. The van der Waals surface area contributed by atoms with Crippen LogP contribution in [0.1, 0.15) is 36.8 Å². The number of oxime groups is 1. The van der Waals surface area contributed by atoms with Crippen molar-refractivity contribution in [2.45, 2.75) is 31.3 Å². The molecule has 5 rings (SSSR count). The molecule has 2 aromatic carbocycles. The average molecular weight is 510 g/mol. The Kier molecular flexibility index (Phi) is 7.39. The summed E-state index contributed by atoms with van der Waals surface area (Å²) in [7, 11) is 7.32. The molecule has 0 unspecified atom stereocenters. The van der Waals surface area contributed by atoms with Gasteiger partial charge in [0.15, 0.2) is 17.1 Å². The zero-order valence-corrected chi connectivity index (χ0v) is 22.0. The van der Waals surface area contributed by atoms with Crippen LogP contribution in [0.25, 0.3) is 22.2 Å². The molecule has 36 heavy (non-hydrogen) atoms. The molecule has 1 heterocycles. The minimum Gasteiger partial charge on any atom is -0.493 e. The zero-order chi connectivity index (χ0) is 24.6. The summed E-state index contributed by atoms with van der Waals surface area (Å²) < 4.78 is 17.2. The lowest BCUT2D eigenvalue weighted by atomic mass is 10.0. The molecule has 8 heteroatoms. The van der Waals surface area contributed by atoms with Crippen molar-refractivity contribution in [3.8, 4) is 40.8 Å². The Morgan fingerprint density at radius 2 is 1.75 bits per heavy atom. The maximum atomic E-state index is 6.14. The van der Waals surface area contributed by atoms with Crippen LogP contribution in [0.4, 0.5) is 0 Å². The standard InChI is InChI=1S/C28H31N3O4.ClH/c1-6-28(11-7-8-12-28)35-30-27-20-17-24(33-5)23(32-4)16-19(20)26-25(27)21-15-18(9-10-22(21)29-26)34-14-13-31(2)3;/h1,9-10,15-17,29H,7-8,11-14H2,2-5H3;1H/b30-27-;. The normalized spacial score (nSPS) is 16.4. The van der Waals surface area contributed by atoms with E-state index in [1.54, 1.807) is 14.2 Å². The molecule has 190 valence electrons. The number of likely N-dealkylation sites (N-methyl/N-ethyl adjacent to an activating group) is 1. The highest BCUT2D eigenvalue weighted by Crippen LogP contribution is 2.46. The molecule has 0 amide bonds.